The number of hydrogen-bond donors (Lipinski definition) is 1. The second-order valence-electron chi connectivity index (χ2n) is 6.00. The molecule has 1 amide bonds. The monoisotopic (exact) mass is 328 g/mol. The average Bonchev–Trinajstić information content (AvgIpc) is 2.95. The number of carbonyl (C=O) groups is 2. The Kier molecular flexibility index (Phi) is 3.86. The number of fused-ring (bicyclic) bond motifs is 3. The molecule has 3 aromatic rings. The number of ketones is 1. The van der Waals surface area contributed by atoms with Gasteiger partial charge in [0.15, 0.2) is 5.78 Å². The third-order valence-electron chi connectivity index (χ3n) is 4.41. The lowest BCUT2D eigenvalue weighted by Crippen LogP contribution is -2.25. The first kappa shape index (κ1) is 15.3. The highest BCUT2D eigenvalue weighted by molar-refractivity contribution is 6.22. The maximum Gasteiger partial charge on any atom is 0.251 e. The van der Waals surface area contributed by atoms with Crippen molar-refractivity contribution in [2.75, 3.05) is 6.54 Å². The molecule has 0 saturated heterocycles. The molecule has 1 aliphatic carbocycles. The Bertz CT molecular complexity index is 965. The predicted molar refractivity (Wildman–Crippen MR) is 95.6 cm³/mol. The quantitative estimate of drug-likeness (QED) is 0.625. The van der Waals surface area contributed by atoms with Crippen LogP contribution in [-0.4, -0.2) is 23.2 Å². The van der Waals surface area contributed by atoms with Gasteiger partial charge in [0.2, 0.25) is 0 Å². The number of aromatic nitrogens is 1. The van der Waals surface area contributed by atoms with Crippen LogP contribution in [0.2, 0.25) is 0 Å². The van der Waals surface area contributed by atoms with Crippen molar-refractivity contribution >= 4 is 11.7 Å². The molecular formula is C21H16N2O2. The molecule has 4 rings (SSSR count). The first-order chi connectivity index (χ1) is 12.2. The van der Waals surface area contributed by atoms with Crippen LogP contribution in [0.1, 0.15) is 31.8 Å². The maximum atomic E-state index is 12.5. The smallest absolute Gasteiger partial charge is 0.251 e. The van der Waals surface area contributed by atoms with Gasteiger partial charge in [0.25, 0.3) is 5.91 Å². The number of nitrogens with one attached hydrogen (secondary N) is 1. The van der Waals surface area contributed by atoms with Crippen LogP contribution >= 0.6 is 0 Å². The fraction of sp³-hybridized carbons (Fsp3) is 0.0952. The summed E-state index contributed by atoms with van der Waals surface area (Å²) in [6, 6.07) is 16.7. The van der Waals surface area contributed by atoms with Gasteiger partial charge in [-0.3, -0.25) is 14.6 Å². The van der Waals surface area contributed by atoms with Gasteiger partial charge in [0.05, 0.1) is 0 Å². The number of nitrogens with zero attached hydrogens (tertiary/aromatic N) is 1. The third-order valence-corrected chi connectivity index (χ3v) is 4.41. The number of rotatable bonds is 4. The molecule has 0 bridgehead atoms. The van der Waals surface area contributed by atoms with Gasteiger partial charge >= 0.3 is 0 Å². The first-order valence-corrected chi connectivity index (χ1v) is 8.19. The fourth-order valence-corrected chi connectivity index (χ4v) is 3.14. The SMILES string of the molecule is O=C(NCCc1cccnc1)c1ccc2c(c1)C(=O)c1ccccc1-2. The molecule has 0 atom stereocenters. The molecule has 4 heteroatoms. The minimum Gasteiger partial charge on any atom is -0.352 e. The van der Waals surface area contributed by atoms with E-state index in [1.807, 2.05) is 42.5 Å². The zero-order valence-electron chi connectivity index (χ0n) is 13.5. The first-order valence-electron chi connectivity index (χ1n) is 8.19. The van der Waals surface area contributed by atoms with Crippen LogP contribution in [0.25, 0.3) is 11.1 Å². The highest BCUT2D eigenvalue weighted by Gasteiger charge is 2.26. The molecule has 0 fully saturated rings. The van der Waals surface area contributed by atoms with E-state index in [1.165, 1.54) is 0 Å². The van der Waals surface area contributed by atoms with Crippen molar-refractivity contribution in [2.45, 2.75) is 6.42 Å². The van der Waals surface area contributed by atoms with Gasteiger partial charge in [0.1, 0.15) is 0 Å². The molecule has 0 spiro atoms. The second-order valence-corrected chi connectivity index (χ2v) is 6.00. The van der Waals surface area contributed by atoms with Crippen molar-refractivity contribution in [2.24, 2.45) is 0 Å². The summed E-state index contributed by atoms with van der Waals surface area (Å²) in [5, 5.41) is 2.90. The van der Waals surface area contributed by atoms with Gasteiger partial charge in [-0.1, -0.05) is 36.4 Å². The average molecular weight is 328 g/mol. The number of benzene rings is 2. The second kappa shape index (κ2) is 6.32. The van der Waals surface area contributed by atoms with Crippen molar-refractivity contribution in [1.29, 1.82) is 0 Å². The zero-order valence-corrected chi connectivity index (χ0v) is 13.5. The van der Waals surface area contributed by atoms with Crippen molar-refractivity contribution in [1.82, 2.24) is 10.3 Å². The molecular weight excluding hydrogens is 312 g/mol. The lowest BCUT2D eigenvalue weighted by Gasteiger charge is -2.07. The summed E-state index contributed by atoms with van der Waals surface area (Å²) in [5.74, 6) is -0.189. The summed E-state index contributed by atoms with van der Waals surface area (Å²) in [4.78, 5) is 29.0. The van der Waals surface area contributed by atoms with Crippen LogP contribution in [0, 0.1) is 0 Å². The predicted octanol–water partition coefficient (Wildman–Crippen LogP) is 3.27. The Labute approximate surface area is 145 Å². The van der Waals surface area contributed by atoms with Crippen molar-refractivity contribution in [3.8, 4) is 11.1 Å². The molecule has 0 saturated carbocycles. The van der Waals surface area contributed by atoms with Crippen LogP contribution < -0.4 is 5.32 Å². The van der Waals surface area contributed by atoms with Gasteiger partial charge in [-0.15, -0.1) is 0 Å². The Morgan fingerprint density at radius 3 is 2.52 bits per heavy atom. The summed E-state index contributed by atoms with van der Waals surface area (Å²) in [6.45, 7) is 0.524. The third kappa shape index (κ3) is 2.83. The molecule has 1 heterocycles. The summed E-state index contributed by atoms with van der Waals surface area (Å²) in [5.41, 5.74) is 4.71. The number of amides is 1. The Morgan fingerprint density at radius 2 is 1.72 bits per heavy atom. The fourth-order valence-electron chi connectivity index (χ4n) is 3.14. The van der Waals surface area contributed by atoms with Gasteiger partial charge in [-0.2, -0.15) is 0 Å². The Balaban J connectivity index is 1.49. The molecule has 1 aliphatic rings. The number of carbonyl (C=O) groups excluding carboxylic acids is 2. The molecule has 1 N–H and O–H groups in total. The van der Waals surface area contributed by atoms with Crippen LogP contribution in [-0.2, 0) is 6.42 Å². The summed E-state index contributed by atoms with van der Waals surface area (Å²) >= 11 is 0. The van der Waals surface area contributed by atoms with E-state index in [1.54, 1.807) is 24.5 Å². The topological polar surface area (TPSA) is 59.1 Å². The van der Waals surface area contributed by atoms with E-state index in [9.17, 15) is 9.59 Å². The lowest BCUT2D eigenvalue weighted by atomic mass is 10.0. The van der Waals surface area contributed by atoms with Crippen molar-refractivity contribution < 1.29 is 9.59 Å². The minimum atomic E-state index is -0.171. The Hall–Kier alpha value is -3.27. The van der Waals surface area contributed by atoms with E-state index < -0.39 is 0 Å². The van der Waals surface area contributed by atoms with E-state index in [-0.39, 0.29) is 11.7 Å². The van der Waals surface area contributed by atoms with Crippen molar-refractivity contribution in [3.05, 3.63) is 89.2 Å². The van der Waals surface area contributed by atoms with E-state index >= 15 is 0 Å². The van der Waals surface area contributed by atoms with E-state index in [0.29, 0.717) is 23.2 Å². The van der Waals surface area contributed by atoms with Gasteiger partial charge in [0, 0.05) is 35.6 Å². The van der Waals surface area contributed by atoms with Crippen LogP contribution in [0.4, 0.5) is 0 Å². The molecule has 4 nitrogen and oxygen atoms in total. The zero-order chi connectivity index (χ0) is 17.2. The highest BCUT2D eigenvalue weighted by Crippen LogP contribution is 2.36. The maximum absolute atomic E-state index is 12.5. The summed E-state index contributed by atoms with van der Waals surface area (Å²) in [7, 11) is 0. The summed E-state index contributed by atoms with van der Waals surface area (Å²) in [6.07, 6.45) is 4.23. The van der Waals surface area contributed by atoms with E-state index in [0.717, 1.165) is 23.1 Å². The minimum absolute atomic E-state index is 0.0180. The van der Waals surface area contributed by atoms with E-state index in [4.69, 9.17) is 0 Å². The molecule has 2 aromatic carbocycles. The highest BCUT2D eigenvalue weighted by atomic mass is 16.1. The van der Waals surface area contributed by atoms with Crippen LogP contribution in [0.5, 0.6) is 0 Å². The molecule has 1 aromatic heterocycles. The molecule has 25 heavy (non-hydrogen) atoms. The standard InChI is InChI=1S/C21H16N2O2/c24-20-18-6-2-1-5-16(18)17-8-7-15(12-19(17)20)21(25)23-11-9-14-4-3-10-22-13-14/h1-8,10,12-13H,9,11H2,(H,23,25). The molecule has 122 valence electrons. The summed E-state index contributed by atoms with van der Waals surface area (Å²) < 4.78 is 0. The van der Waals surface area contributed by atoms with Gasteiger partial charge in [-0.05, 0) is 41.3 Å². The van der Waals surface area contributed by atoms with Gasteiger partial charge < -0.3 is 5.32 Å². The van der Waals surface area contributed by atoms with Gasteiger partial charge in [-0.25, -0.2) is 0 Å². The largest absolute Gasteiger partial charge is 0.352 e. The van der Waals surface area contributed by atoms with Crippen molar-refractivity contribution in [3.63, 3.8) is 0 Å². The lowest BCUT2D eigenvalue weighted by molar-refractivity contribution is 0.0954. The van der Waals surface area contributed by atoms with Crippen LogP contribution in [0.15, 0.2) is 67.0 Å². The molecule has 0 radical (unpaired) electrons. The Morgan fingerprint density at radius 1 is 0.920 bits per heavy atom. The normalized spacial score (nSPS) is 11.8. The molecule has 0 unspecified atom stereocenters. The number of pyridine rings is 1. The van der Waals surface area contributed by atoms with E-state index in [2.05, 4.69) is 10.3 Å². The molecule has 0 aliphatic heterocycles. The van der Waals surface area contributed by atoms with Crippen LogP contribution in [0.3, 0.4) is 0 Å². The number of hydrogen-bond acceptors (Lipinski definition) is 3.